The lowest BCUT2D eigenvalue weighted by Crippen LogP contribution is -2.31. The van der Waals surface area contributed by atoms with Gasteiger partial charge >= 0.3 is 5.69 Å². The fourth-order valence-electron chi connectivity index (χ4n) is 1.13. The first kappa shape index (κ1) is 14.0. The lowest BCUT2D eigenvalue weighted by Gasteiger charge is -2.07. The van der Waals surface area contributed by atoms with E-state index in [0.717, 1.165) is 12.1 Å². The lowest BCUT2D eigenvalue weighted by atomic mass is 10.3. The molecular formula is C9H8FN3O4S. The molecule has 1 atom stereocenters. The third-order valence-corrected chi connectivity index (χ3v) is 3.49. The van der Waals surface area contributed by atoms with Gasteiger partial charge in [0, 0.05) is 12.1 Å². The maximum atomic E-state index is 13.3. The number of halogens is 1. The maximum Gasteiger partial charge on any atom is 0.304 e. The van der Waals surface area contributed by atoms with E-state index in [4.69, 9.17) is 5.26 Å². The van der Waals surface area contributed by atoms with Crippen molar-refractivity contribution in [2.75, 3.05) is 0 Å². The molecule has 0 heterocycles. The minimum absolute atomic E-state index is 0.479. The molecule has 7 nitrogen and oxygen atoms in total. The Morgan fingerprint density at radius 3 is 2.61 bits per heavy atom. The number of rotatable bonds is 4. The van der Waals surface area contributed by atoms with E-state index < -0.39 is 37.4 Å². The molecule has 0 radical (unpaired) electrons. The van der Waals surface area contributed by atoms with Crippen LogP contribution in [0.1, 0.15) is 6.92 Å². The molecule has 1 unspecified atom stereocenters. The second kappa shape index (κ2) is 5.07. The van der Waals surface area contributed by atoms with Crippen LogP contribution in [0.2, 0.25) is 0 Å². The van der Waals surface area contributed by atoms with Crippen molar-refractivity contribution >= 4 is 15.7 Å². The number of nitrogens with zero attached hydrogens (tertiary/aromatic N) is 2. The predicted octanol–water partition coefficient (Wildman–Crippen LogP) is 0.924. The van der Waals surface area contributed by atoms with Gasteiger partial charge in [-0.05, 0) is 13.0 Å². The zero-order chi connectivity index (χ0) is 13.9. The van der Waals surface area contributed by atoms with E-state index >= 15 is 0 Å². The third kappa shape index (κ3) is 2.99. The van der Waals surface area contributed by atoms with Crippen LogP contribution >= 0.6 is 0 Å². The van der Waals surface area contributed by atoms with E-state index in [1.54, 1.807) is 6.07 Å². The van der Waals surface area contributed by atoms with Crippen LogP contribution in [0.5, 0.6) is 0 Å². The summed E-state index contributed by atoms with van der Waals surface area (Å²) in [4.78, 5) is 8.92. The van der Waals surface area contributed by atoms with Crippen molar-refractivity contribution < 1.29 is 17.7 Å². The minimum Gasteiger partial charge on any atom is -0.258 e. The Balaban J connectivity index is 3.16. The van der Waals surface area contributed by atoms with E-state index in [-0.39, 0.29) is 0 Å². The van der Waals surface area contributed by atoms with Crippen molar-refractivity contribution in [3.05, 3.63) is 34.1 Å². The number of hydrogen-bond donors (Lipinski definition) is 1. The van der Waals surface area contributed by atoms with E-state index in [9.17, 15) is 22.9 Å². The van der Waals surface area contributed by atoms with Crippen LogP contribution in [0.15, 0.2) is 23.1 Å². The number of nitriles is 1. The highest BCUT2D eigenvalue weighted by Gasteiger charge is 2.21. The third-order valence-electron chi connectivity index (χ3n) is 1.95. The number of sulfonamides is 1. The monoisotopic (exact) mass is 273 g/mol. The summed E-state index contributed by atoms with van der Waals surface area (Å²) >= 11 is 0. The number of hydrogen-bond acceptors (Lipinski definition) is 5. The molecule has 0 aliphatic heterocycles. The van der Waals surface area contributed by atoms with Gasteiger partial charge in [-0.3, -0.25) is 10.1 Å². The summed E-state index contributed by atoms with van der Waals surface area (Å²) in [5.74, 6) is -1.26. The molecule has 0 aromatic heterocycles. The van der Waals surface area contributed by atoms with Gasteiger partial charge in [-0.25, -0.2) is 8.42 Å². The number of nitro benzene ring substituents is 1. The average molecular weight is 273 g/mol. The Labute approximate surface area is 102 Å². The van der Waals surface area contributed by atoms with Gasteiger partial charge in [-0.15, -0.1) is 0 Å². The zero-order valence-electron chi connectivity index (χ0n) is 9.12. The number of benzene rings is 1. The predicted molar refractivity (Wildman–Crippen MR) is 58.5 cm³/mol. The molecule has 9 heteroatoms. The van der Waals surface area contributed by atoms with E-state index in [2.05, 4.69) is 0 Å². The van der Waals surface area contributed by atoms with Gasteiger partial charge < -0.3 is 0 Å². The normalized spacial score (nSPS) is 12.7. The second-order valence-corrected chi connectivity index (χ2v) is 5.06. The van der Waals surface area contributed by atoms with Crippen LogP contribution in [0.4, 0.5) is 10.1 Å². The van der Waals surface area contributed by atoms with Crippen LogP contribution < -0.4 is 4.72 Å². The van der Waals surface area contributed by atoms with Crippen molar-refractivity contribution in [2.45, 2.75) is 17.9 Å². The molecule has 0 aliphatic rings. The first-order valence-electron chi connectivity index (χ1n) is 4.64. The topological polar surface area (TPSA) is 113 Å². The summed E-state index contributed by atoms with van der Waals surface area (Å²) in [6.45, 7) is 1.30. The standard InChI is InChI=1S/C9H8FN3O4S/c1-6(5-11)12-18(16,17)7-2-3-9(13(14)15)8(10)4-7/h2-4,6,12H,1H3. The summed E-state index contributed by atoms with van der Waals surface area (Å²) < 4.78 is 38.5. The first-order valence-corrected chi connectivity index (χ1v) is 6.12. The van der Waals surface area contributed by atoms with Gasteiger partial charge in [0.2, 0.25) is 15.8 Å². The smallest absolute Gasteiger partial charge is 0.258 e. The second-order valence-electron chi connectivity index (χ2n) is 3.34. The summed E-state index contributed by atoms with van der Waals surface area (Å²) in [5.41, 5.74) is -0.817. The average Bonchev–Trinajstić information content (AvgIpc) is 2.27. The summed E-state index contributed by atoms with van der Waals surface area (Å²) in [5, 5.41) is 18.8. The summed E-state index contributed by atoms with van der Waals surface area (Å²) in [6, 6.07) is 2.83. The Hall–Kier alpha value is -2.05. The van der Waals surface area contributed by atoms with Crippen molar-refractivity contribution in [2.24, 2.45) is 0 Å². The van der Waals surface area contributed by atoms with E-state index in [1.807, 2.05) is 4.72 Å². The maximum absolute atomic E-state index is 13.3. The fraction of sp³-hybridized carbons (Fsp3) is 0.222. The zero-order valence-corrected chi connectivity index (χ0v) is 9.94. The van der Waals surface area contributed by atoms with Crippen LogP contribution in [0.3, 0.4) is 0 Å². The van der Waals surface area contributed by atoms with Crippen molar-refractivity contribution in [3.8, 4) is 6.07 Å². The SMILES string of the molecule is CC(C#N)NS(=O)(=O)c1ccc([N+](=O)[O-])c(F)c1. The van der Waals surface area contributed by atoms with Crippen molar-refractivity contribution in [3.63, 3.8) is 0 Å². The van der Waals surface area contributed by atoms with Crippen molar-refractivity contribution in [1.29, 1.82) is 5.26 Å². The minimum atomic E-state index is -4.07. The lowest BCUT2D eigenvalue weighted by molar-refractivity contribution is -0.387. The van der Waals surface area contributed by atoms with Crippen LogP contribution in [-0.4, -0.2) is 19.4 Å². The first-order chi connectivity index (χ1) is 8.27. The van der Waals surface area contributed by atoms with Gasteiger partial charge in [0.15, 0.2) is 0 Å². The van der Waals surface area contributed by atoms with Crippen LogP contribution in [-0.2, 0) is 10.0 Å². The van der Waals surface area contributed by atoms with Gasteiger partial charge in [0.25, 0.3) is 0 Å². The van der Waals surface area contributed by atoms with Gasteiger partial charge in [-0.2, -0.15) is 14.4 Å². The van der Waals surface area contributed by atoms with Crippen molar-refractivity contribution in [1.82, 2.24) is 4.72 Å². The molecule has 0 saturated heterocycles. The molecule has 1 aromatic rings. The Kier molecular flexibility index (Phi) is 3.95. The molecule has 18 heavy (non-hydrogen) atoms. The highest BCUT2D eigenvalue weighted by Crippen LogP contribution is 2.20. The summed E-state index contributed by atoms with van der Waals surface area (Å²) in [7, 11) is -4.07. The van der Waals surface area contributed by atoms with E-state index in [1.165, 1.54) is 6.92 Å². The Morgan fingerprint density at radius 1 is 1.56 bits per heavy atom. The molecule has 1 aromatic carbocycles. The summed E-state index contributed by atoms with van der Waals surface area (Å²) in [6.07, 6.45) is 0. The Morgan fingerprint density at radius 2 is 2.17 bits per heavy atom. The van der Waals surface area contributed by atoms with Gasteiger partial charge in [0.05, 0.1) is 15.9 Å². The number of nitro groups is 1. The largest absolute Gasteiger partial charge is 0.304 e. The quantitative estimate of drug-likeness (QED) is 0.647. The molecule has 0 aliphatic carbocycles. The molecule has 1 rings (SSSR count). The molecule has 0 fully saturated rings. The van der Waals surface area contributed by atoms with Crippen LogP contribution in [0.25, 0.3) is 0 Å². The molecule has 0 spiro atoms. The van der Waals surface area contributed by atoms with Crippen LogP contribution in [0, 0.1) is 27.3 Å². The molecular weight excluding hydrogens is 265 g/mol. The molecule has 0 bridgehead atoms. The molecule has 96 valence electrons. The Bertz CT molecular complexity index is 623. The molecule has 1 N–H and O–H groups in total. The highest BCUT2D eigenvalue weighted by atomic mass is 32.2. The van der Waals surface area contributed by atoms with E-state index in [0.29, 0.717) is 6.07 Å². The fourth-order valence-corrected chi connectivity index (χ4v) is 2.29. The number of nitrogens with one attached hydrogen (secondary N) is 1. The van der Waals surface area contributed by atoms with Gasteiger partial charge in [-0.1, -0.05) is 0 Å². The highest BCUT2D eigenvalue weighted by molar-refractivity contribution is 7.89. The molecule has 0 saturated carbocycles. The molecule has 0 amide bonds. The van der Waals surface area contributed by atoms with Gasteiger partial charge in [0.1, 0.15) is 6.04 Å².